The highest BCUT2D eigenvalue weighted by atomic mass is 32.2. The second kappa shape index (κ2) is 11.1. The van der Waals surface area contributed by atoms with Crippen LogP contribution in [-0.4, -0.2) is 35.4 Å². The molecule has 0 spiro atoms. The Kier molecular flexibility index (Phi) is 7.57. The molecule has 0 amide bonds. The van der Waals surface area contributed by atoms with Gasteiger partial charge in [-0.25, -0.2) is 4.98 Å². The van der Waals surface area contributed by atoms with Gasteiger partial charge in [0.05, 0.1) is 28.4 Å². The van der Waals surface area contributed by atoms with Gasteiger partial charge in [-0.05, 0) is 29.3 Å². The smallest absolute Gasteiger partial charge is 0.294 e. The second-order valence-electron chi connectivity index (χ2n) is 7.42. The molecule has 35 heavy (non-hydrogen) atoms. The number of benzene rings is 4. The quantitative estimate of drug-likeness (QED) is 0.193. The van der Waals surface area contributed by atoms with Crippen molar-refractivity contribution in [3.63, 3.8) is 0 Å². The number of nitrogens with one attached hydrogen (secondary N) is 1. The molecule has 5 rings (SSSR count). The lowest BCUT2D eigenvalue weighted by molar-refractivity contribution is 0.483. The number of rotatable bonds is 5. The Bertz CT molecular complexity index is 1500. The molecule has 5 aromatic rings. The Morgan fingerprint density at radius 2 is 1.23 bits per heavy atom. The predicted molar refractivity (Wildman–Crippen MR) is 139 cm³/mol. The topological polar surface area (TPSA) is 108 Å². The normalized spacial score (nSPS) is 11.6. The first-order valence-corrected chi connectivity index (χ1v) is 12.1. The maximum atomic E-state index is 11.1. The van der Waals surface area contributed by atoms with Crippen molar-refractivity contribution in [2.45, 2.75) is 4.90 Å². The van der Waals surface area contributed by atoms with E-state index in [1.54, 1.807) is 18.5 Å². The largest absolute Gasteiger partial charge is 0.338 e. The van der Waals surface area contributed by atoms with Crippen molar-refractivity contribution in [3.05, 3.63) is 120 Å². The summed E-state index contributed by atoms with van der Waals surface area (Å²) < 4.78 is 31.2. The summed E-state index contributed by atoms with van der Waals surface area (Å²) in [5.41, 5.74) is 4.22. The number of hydrogen-bond acceptors (Lipinski definition) is 5. The Morgan fingerprint density at radius 1 is 0.714 bits per heavy atom. The summed E-state index contributed by atoms with van der Waals surface area (Å²) in [6.07, 6.45) is 3.47. The van der Waals surface area contributed by atoms with Crippen molar-refractivity contribution in [2.75, 3.05) is 0 Å². The zero-order valence-electron chi connectivity index (χ0n) is 18.6. The van der Waals surface area contributed by atoms with Crippen LogP contribution in [0.4, 0.5) is 0 Å². The molecule has 0 bridgehead atoms. The molecule has 7 nitrogen and oxygen atoms in total. The van der Waals surface area contributed by atoms with E-state index in [4.69, 9.17) is 4.55 Å². The van der Waals surface area contributed by atoms with E-state index in [1.165, 1.54) is 12.1 Å². The molecule has 4 aromatic carbocycles. The van der Waals surface area contributed by atoms with Crippen molar-refractivity contribution in [3.8, 4) is 11.4 Å². The fourth-order valence-corrected chi connectivity index (χ4v) is 3.67. The summed E-state index contributed by atoms with van der Waals surface area (Å²) in [4.78, 5) is 7.26. The van der Waals surface area contributed by atoms with E-state index in [0.717, 1.165) is 16.7 Å². The summed E-state index contributed by atoms with van der Waals surface area (Å²) in [5, 5.41) is 7.96. The van der Waals surface area contributed by atoms with E-state index in [1.807, 2.05) is 91.0 Å². The van der Waals surface area contributed by atoms with Gasteiger partial charge in [0.15, 0.2) is 0 Å². The zero-order valence-corrected chi connectivity index (χ0v) is 19.4. The van der Waals surface area contributed by atoms with Crippen LogP contribution in [-0.2, 0) is 10.1 Å². The molecule has 1 heterocycles. The van der Waals surface area contributed by atoms with Gasteiger partial charge in [-0.2, -0.15) is 18.6 Å². The van der Waals surface area contributed by atoms with Crippen molar-refractivity contribution in [1.82, 2.24) is 9.97 Å². The van der Waals surface area contributed by atoms with Gasteiger partial charge in [0.2, 0.25) is 0 Å². The minimum Gasteiger partial charge on any atom is -0.338 e. The average Bonchev–Trinajstić information content (AvgIpc) is 3.32. The first-order chi connectivity index (χ1) is 17.0. The van der Waals surface area contributed by atoms with Gasteiger partial charge in [0, 0.05) is 5.56 Å². The highest BCUT2D eigenvalue weighted by Crippen LogP contribution is 2.22. The first-order valence-electron chi connectivity index (χ1n) is 10.7. The van der Waals surface area contributed by atoms with Crippen LogP contribution in [0.1, 0.15) is 11.1 Å². The first kappa shape index (κ1) is 23.7. The van der Waals surface area contributed by atoms with E-state index in [-0.39, 0.29) is 4.90 Å². The molecule has 0 unspecified atom stereocenters. The van der Waals surface area contributed by atoms with Crippen molar-refractivity contribution >= 4 is 33.6 Å². The molecule has 2 N–H and O–H groups in total. The standard InChI is InChI=1S/C14H12N2.C13H10N2O3S/c1-3-7-13(8-4-1)11-15-16-12-14-9-5-2-6-10-14;16-19(17,18)10-6-7-11-12(8-10)15-13(14-11)9-4-2-1-3-5-9/h1-12H;1-8H,(H,14,15)(H,16,17,18)/b15-11+,16-12+;. The summed E-state index contributed by atoms with van der Waals surface area (Å²) in [6.45, 7) is 0. The van der Waals surface area contributed by atoms with Crippen LogP contribution in [0.2, 0.25) is 0 Å². The van der Waals surface area contributed by atoms with Gasteiger partial charge in [0.25, 0.3) is 10.1 Å². The number of H-pyrrole nitrogens is 1. The Balaban J connectivity index is 0.000000168. The summed E-state index contributed by atoms with van der Waals surface area (Å²) >= 11 is 0. The molecule has 1 aromatic heterocycles. The van der Waals surface area contributed by atoms with E-state index >= 15 is 0 Å². The van der Waals surface area contributed by atoms with Gasteiger partial charge in [-0.1, -0.05) is 91.0 Å². The number of aromatic nitrogens is 2. The van der Waals surface area contributed by atoms with Crippen LogP contribution in [0, 0.1) is 0 Å². The molecular formula is C27H22N4O3S. The summed E-state index contributed by atoms with van der Waals surface area (Å²) in [7, 11) is -4.20. The Hall–Kier alpha value is -4.40. The van der Waals surface area contributed by atoms with E-state index in [9.17, 15) is 8.42 Å². The minimum absolute atomic E-state index is 0.150. The van der Waals surface area contributed by atoms with Gasteiger partial charge < -0.3 is 4.98 Å². The minimum atomic E-state index is -4.20. The lowest BCUT2D eigenvalue weighted by atomic mass is 10.2. The number of imidazole rings is 1. The lowest BCUT2D eigenvalue weighted by Crippen LogP contribution is -1.97. The molecule has 0 saturated heterocycles. The summed E-state index contributed by atoms with van der Waals surface area (Å²) in [6, 6.07) is 33.6. The third-order valence-electron chi connectivity index (χ3n) is 4.88. The number of fused-ring (bicyclic) bond motifs is 1. The maximum absolute atomic E-state index is 11.1. The molecule has 0 aliphatic carbocycles. The van der Waals surface area contributed by atoms with E-state index in [2.05, 4.69) is 20.2 Å². The number of nitrogens with zero attached hydrogens (tertiary/aromatic N) is 3. The number of hydrogen-bond donors (Lipinski definition) is 2. The van der Waals surface area contributed by atoms with Crippen LogP contribution >= 0.6 is 0 Å². The van der Waals surface area contributed by atoms with E-state index in [0.29, 0.717) is 16.9 Å². The van der Waals surface area contributed by atoms with Crippen molar-refractivity contribution < 1.29 is 13.0 Å². The fourth-order valence-electron chi connectivity index (χ4n) is 3.16. The van der Waals surface area contributed by atoms with Crippen LogP contribution in [0.15, 0.2) is 124 Å². The van der Waals surface area contributed by atoms with E-state index < -0.39 is 10.1 Å². The molecule has 8 heteroatoms. The highest BCUT2D eigenvalue weighted by molar-refractivity contribution is 7.85. The predicted octanol–water partition coefficient (Wildman–Crippen LogP) is 5.62. The van der Waals surface area contributed by atoms with Crippen molar-refractivity contribution in [2.24, 2.45) is 10.2 Å². The van der Waals surface area contributed by atoms with Crippen LogP contribution in [0.3, 0.4) is 0 Å². The van der Waals surface area contributed by atoms with Gasteiger partial charge in [-0.3, -0.25) is 4.55 Å². The fraction of sp³-hybridized carbons (Fsp3) is 0. The van der Waals surface area contributed by atoms with Gasteiger partial charge in [0.1, 0.15) is 5.82 Å². The van der Waals surface area contributed by atoms with Crippen LogP contribution in [0.25, 0.3) is 22.4 Å². The molecule has 0 radical (unpaired) electrons. The molecular weight excluding hydrogens is 460 g/mol. The molecule has 0 aliphatic rings. The lowest BCUT2D eigenvalue weighted by Gasteiger charge is -1.95. The Morgan fingerprint density at radius 3 is 1.74 bits per heavy atom. The third-order valence-corrected chi connectivity index (χ3v) is 5.73. The molecule has 0 fully saturated rings. The van der Waals surface area contributed by atoms with Crippen LogP contribution in [0.5, 0.6) is 0 Å². The molecule has 0 saturated carbocycles. The van der Waals surface area contributed by atoms with Crippen molar-refractivity contribution in [1.29, 1.82) is 0 Å². The number of aromatic amines is 1. The summed E-state index contributed by atoms with van der Waals surface area (Å²) in [5.74, 6) is 0.656. The van der Waals surface area contributed by atoms with Gasteiger partial charge in [-0.15, -0.1) is 0 Å². The molecule has 174 valence electrons. The monoisotopic (exact) mass is 482 g/mol. The highest BCUT2D eigenvalue weighted by Gasteiger charge is 2.12. The zero-order chi connectivity index (χ0) is 24.5. The maximum Gasteiger partial charge on any atom is 0.294 e. The molecule has 0 aliphatic heterocycles. The third kappa shape index (κ3) is 6.80. The SMILES string of the molecule is C(=N\N=C\c1ccccc1)/c1ccccc1.O=S(=O)(O)c1ccc2nc(-c3ccccc3)[nH]c2c1. The average molecular weight is 483 g/mol. The Labute approximate surface area is 203 Å². The second-order valence-corrected chi connectivity index (χ2v) is 8.84. The molecule has 0 atom stereocenters. The van der Waals surface area contributed by atoms with Crippen LogP contribution < -0.4 is 0 Å². The van der Waals surface area contributed by atoms with Gasteiger partial charge >= 0.3 is 0 Å².